The first-order chi connectivity index (χ1) is 8.72. The Morgan fingerprint density at radius 2 is 1.67 bits per heavy atom. The van der Waals surface area contributed by atoms with Crippen LogP contribution >= 0.6 is 0 Å². The van der Waals surface area contributed by atoms with Gasteiger partial charge in [-0.05, 0) is 19.8 Å². The van der Waals surface area contributed by atoms with Crippen molar-refractivity contribution in [3.63, 3.8) is 0 Å². The second kappa shape index (κ2) is 9.69. The molecule has 0 bridgehead atoms. The summed E-state index contributed by atoms with van der Waals surface area (Å²) >= 11 is 0. The molecule has 0 spiro atoms. The Hall–Kier alpha value is -0.200. The van der Waals surface area contributed by atoms with Crippen LogP contribution in [0.1, 0.15) is 32.6 Å². The average molecular weight is 262 g/mol. The van der Waals surface area contributed by atoms with Crippen molar-refractivity contribution in [1.82, 2.24) is 0 Å². The summed E-state index contributed by atoms with van der Waals surface area (Å²) in [6, 6.07) is 0. The molecule has 0 amide bonds. The van der Waals surface area contributed by atoms with E-state index in [4.69, 9.17) is 24.4 Å². The van der Waals surface area contributed by atoms with Crippen molar-refractivity contribution in [1.29, 1.82) is 0 Å². The number of aliphatic hydroxyl groups excluding tert-OH is 2. The molecule has 2 heterocycles. The number of ether oxygens (including phenoxy) is 3. The van der Waals surface area contributed by atoms with Crippen molar-refractivity contribution in [2.45, 2.75) is 50.9 Å². The van der Waals surface area contributed by atoms with Gasteiger partial charge in [0.15, 0.2) is 0 Å². The molecule has 2 N–H and O–H groups in total. The second-order valence-electron chi connectivity index (χ2n) is 4.87. The normalized spacial score (nSPS) is 26.2. The highest BCUT2D eigenvalue weighted by Gasteiger charge is 2.26. The Kier molecular flexibility index (Phi) is 8.54. The molecule has 108 valence electrons. The fraction of sp³-hybridized carbons (Fsp3) is 1.00. The number of unbranched alkanes of at least 4 members (excludes halogenated alkanes) is 2. The summed E-state index contributed by atoms with van der Waals surface area (Å²) in [6.07, 6.45) is 4.39. The standard InChI is InChI=1S/C7H16O2.C6H10O3/c1-7(9)5-3-2-4-6-8;1(5-3-8-5)7-2-6-4-9-6/h7-9H,2-6H2,1H3;5-6H,1-4H2. The van der Waals surface area contributed by atoms with E-state index < -0.39 is 0 Å². The molecule has 0 aromatic carbocycles. The molecular formula is C13H26O5. The topological polar surface area (TPSA) is 74.8 Å². The van der Waals surface area contributed by atoms with E-state index in [1.807, 2.05) is 0 Å². The third kappa shape index (κ3) is 10.9. The summed E-state index contributed by atoms with van der Waals surface area (Å²) in [5, 5.41) is 17.2. The monoisotopic (exact) mass is 262 g/mol. The van der Waals surface area contributed by atoms with Crippen LogP contribution in [-0.4, -0.2) is 61.6 Å². The molecule has 3 atom stereocenters. The minimum absolute atomic E-state index is 0.177. The molecule has 0 radical (unpaired) electrons. The summed E-state index contributed by atoms with van der Waals surface area (Å²) < 4.78 is 15.1. The molecule has 0 aliphatic carbocycles. The van der Waals surface area contributed by atoms with Crippen LogP contribution < -0.4 is 0 Å². The van der Waals surface area contributed by atoms with Crippen LogP contribution in [-0.2, 0) is 14.2 Å². The molecule has 0 saturated carbocycles. The maximum atomic E-state index is 8.79. The smallest absolute Gasteiger partial charge is 0.104 e. The van der Waals surface area contributed by atoms with Crippen LogP contribution in [0.4, 0.5) is 0 Å². The maximum Gasteiger partial charge on any atom is 0.104 e. The van der Waals surface area contributed by atoms with E-state index in [9.17, 15) is 0 Å². The zero-order valence-corrected chi connectivity index (χ0v) is 11.2. The molecule has 2 fully saturated rings. The van der Waals surface area contributed by atoms with Gasteiger partial charge in [0.2, 0.25) is 0 Å². The van der Waals surface area contributed by atoms with Gasteiger partial charge in [-0.15, -0.1) is 0 Å². The van der Waals surface area contributed by atoms with Crippen molar-refractivity contribution in [2.75, 3.05) is 33.0 Å². The van der Waals surface area contributed by atoms with Gasteiger partial charge in [0.25, 0.3) is 0 Å². The highest BCUT2D eigenvalue weighted by molar-refractivity contribution is 4.71. The lowest BCUT2D eigenvalue weighted by atomic mass is 10.1. The Balaban J connectivity index is 0.000000180. The largest absolute Gasteiger partial charge is 0.396 e. The van der Waals surface area contributed by atoms with Crippen LogP contribution in [0.25, 0.3) is 0 Å². The Morgan fingerprint density at radius 3 is 2.06 bits per heavy atom. The van der Waals surface area contributed by atoms with Crippen LogP contribution in [0.3, 0.4) is 0 Å². The molecule has 3 unspecified atom stereocenters. The van der Waals surface area contributed by atoms with E-state index in [2.05, 4.69) is 0 Å². The highest BCUT2D eigenvalue weighted by atomic mass is 16.6. The quantitative estimate of drug-likeness (QED) is 0.473. The van der Waals surface area contributed by atoms with Gasteiger partial charge in [0.05, 0.1) is 32.5 Å². The molecule has 0 aromatic heterocycles. The van der Waals surface area contributed by atoms with E-state index in [0.29, 0.717) is 12.2 Å². The van der Waals surface area contributed by atoms with E-state index in [-0.39, 0.29) is 12.7 Å². The van der Waals surface area contributed by atoms with Gasteiger partial charge >= 0.3 is 0 Å². The lowest BCUT2D eigenvalue weighted by Crippen LogP contribution is -2.06. The lowest BCUT2D eigenvalue weighted by molar-refractivity contribution is 0.102. The molecule has 18 heavy (non-hydrogen) atoms. The molecule has 2 aliphatic heterocycles. The van der Waals surface area contributed by atoms with E-state index in [0.717, 1.165) is 52.1 Å². The van der Waals surface area contributed by atoms with Gasteiger partial charge in [0, 0.05) is 6.61 Å². The number of rotatable bonds is 9. The third-order valence-electron chi connectivity index (χ3n) is 2.69. The predicted octanol–water partition coefficient (Wildman–Crippen LogP) is 0.720. The van der Waals surface area contributed by atoms with Crippen LogP contribution in [0, 0.1) is 0 Å². The minimum atomic E-state index is -0.177. The molecule has 0 aromatic rings. The fourth-order valence-corrected chi connectivity index (χ4v) is 1.39. The molecule has 5 nitrogen and oxygen atoms in total. The Labute approximate surface area is 109 Å². The first kappa shape index (κ1) is 15.9. The van der Waals surface area contributed by atoms with E-state index in [1.54, 1.807) is 6.92 Å². The molecule has 2 saturated heterocycles. The number of hydrogen-bond donors (Lipinski definition) is 2. The van der Waals surface area contributed by atoms with Crippen LogP contribution in [0.2, 0.25) is 0 Å². The summed E-state index contributed by atoms with van der Waals surface area (Å²) in [5.41, 5.74) is 0. The van der Waals surface area contributed by atoms with Crippen molar-refractivity contribution < 1.29 is 24.4 Å². The summed E-state index contributed by atoms with van der Waals surface area (Å²) in [7, 11) is 0. The maximum absolute atomic E-state index is 8.79. The number of epoxide rings is 2. The van der Waals surface area contributed by atoms with Crippen molar-refractivity contribution in [2.24, 2.45) is 0 Å². The first-order valence-electron chi connectivity index (χ1n) is 6.82. The van der Waals surface area contributed by atoms with Crippen molar-refractivity contribution >= 4 is 0 Å². The van der Waals surface area contributed by atoms with E-state index in [1.165, 1.54) is 0 Å². The van der Waals surface area contributed by atoms with Crippen molar-refractivity contribution in [3.8, 4) is 0 Å². The minimum Gasteiger partial charge on any atom is -0.396 e. The van der Waals surface area contributed by atoms with Crippen LogP contribution in [0.5, 0.6) is 0 Å². The van der Waals surface area contributed by atoms with E-state index >= 15 is 0 Å². The lowest BCUT2D eigenvalue weighted by Gasteiger charge is -2.01. The zero-order valence-electron chi connectivity index (χ0n) is 11.2. The van der Waals surface area contributed by atoms with Gasteiger partial charge in [-0.2, -0.15) is 0 Å². The second-order valence-corrected chi connectivity index (χ2v) is 4.87. The first-order valence-corrected chi connectivity index (χ1v) is 6.82. The summed E-state index contributed by atoms with van der Waals surface area (Å²) in [4.78, 5) is 0. The zero-order chi connectivity index (χ0) is 13.2. The van der Waals surface area contributed by atoms with Gasteiger partial charge in [-0.3, -0.25) is 0 Å². The van der Waals surface area contributed by atoms with Crippen LogP contribution in [0.15, 0.2) is 0 Å². The summed E-state index contributed by atoms with van der Waals surface area (Å²) in [5.74, 6) is 0. The number of aliphatic hydroxyl groups is 2. The fourth-order valence-electron chi connectivity index (χ4n) is 1.39. The number of hydrogen-bond acceptors (Lipinski definition) is 5. The predicted molar refractivity (Wildman–Crippen MR) is 67.5 cm³/mol. The molecule has 2 rings (SSSR count). The SMILES string of the molecule is C(OCC1CO1)C1CO1.CC(O)CCCCCO. The third-order valence-corrected chi connectivity index (χ3v) is 2.69. The van der Waals surface area contributed by atoms with Crippen molar-refractivity contribution in [3.05, 3.63) is 0 Å². The van der Waals surface area contributed by atoms with Gasteiger partial charge in [0.1, 0.15) is 12.2 Å². The Morgan fingerprint density at radius 1 is 1.11 bits per heavy atom. The van der Waals surface area contributed by atoms with Gasteiger partial charge in [-0.1, -0.05) is 12.8 Å². The molecular weight excluding hydrogens is 236 g/mol. The summed E-state index contributed by atoms with van der Waals surface area (Å²) in [6.45, 7) is 5.33. The molecule has 5 heteroatoms. The highest BCUT2D eigenvalue weighted by Crippen LogP contribution is 2.12. The Bertz CT molecular complexity index is 178. The van der Waals surface area contributed by atoms with Gasteiger partial charge < -0.3 is 24.4 Å². The van der Waals surface area contributed by atoms with Gasteiger partial charge in [-0.25, -0.2) is 0 Å². The molecule has 2 aliphatic rings. The average Bonchev–Trinajstić information content (AvgIpc) is 3.18.